The normalized spacial score (nSPS) is 11.9. The predicted octanol–water partition coefficient (Wildman–Crippen LogP) is 4.10. The van der Waals surface area contributed by atoms with Gasteiger partial charge in [-0.05, 0) is 63.1 Å². The fourth-order valence-electron chi connectivity index (χ4n) is 2.38. The van der Waals surface area contributed by atoms with E-state index in [-0.39, 0.29) is 11.7 Å². The molecule has 0 saturated heterocycles. The number of rotatable bonds is 5. The van der Waals surface area contributed by atoms with Crippen molar-refractivity contribution < 1.29 is 19.1 Å². The van der Waals surface area contributed by atoms with Crippen LogP contribution in [0.25, 0.3) is 0 Å². The van der Waals surface area contributed by atoms with Crippen LogP contribution in [0.2, 0.25) is 0 Å². The Hall–Kier alpha value is -2.69. The molecule has 2 aromatic carbocycles. The summed E-state index contributed by atoms with van der Waals surface area (Å²) >= 11 is 0. The first-order valence-corrected chi connectivity index (χ1v) is 7.96. The van der Waals surface area contributed by atoms with Gasteiger partial charge in [-0.1, -0.05) is 24.3 Å². The largest absolute Gasteiger partial charge is 0.481 e. The monoisotopic (exact) mass is 343 g/mol. The smallest absolute Gasteiger partial charge is 0.313 e. The van der Waals surface area contributed by atoms with Crippen molar-refractivity contribution in [1.29, 1.82) is 0 Å². The highest BCUT2D eigenvalue weighted by Crippen LogP contribution is 2.27. The highest BCUT2D eigenvalue weighted by molar-refractivity contribution is 5.98. The molecule has 132 valence electrons. The van der Waals surface area contributed by atoms with Crippen molar-refractivity contribution in [1.82, 2.24) is 0 Å². The first-order valence-electron chi connectivity index (χ1n) is 7.96. The maximum Gasteiger partial charge on any atom is 0.313 e. The lowest BCUT2D eigenvalue weighted by atomic mass is 9.83. The van der Waals surface area contributed by atoms with Crippen molar-refractivity contribution in [2.45, 2.75) is 38.5 Å². The van der Waals surface area contributed by atoms with Gasteiger partial charge in [0, 0.05) is 5.69 Å². The Morgan fingerprint density at radius 1 is 0.840 bits per heavy atom. The van der Waals surface area contributed by atoms with E-state index in [0.29, 0.717) is 16.8 Å². The number of carboxylic acids is 1. The van der Waals surface area contributed by atoms with Crippen molar-refractivity contribution in [3.05, 3.63) is 65.5 Å². The minimum absolute atomic E-state index is 0.232. The summed E-state index contributed by atoms with van der Waals surface area (Å²) in [4.78, 5) is 23.9. The summed E-state index contributed by atoms with van der Waals surface area (Å²) < 4.78 is 13.1. The molecule has 2 N–H and O–H groups in total. The van der Waals surface area contributed by atoms with Crippen LogP contribution in [-0.2, 0) is 20.4 Å². The van der Waals surface area contributed by atoms with Crippen LogP contribution in [-0.4, -0.2) is 17.0 Å². The summed E-state index contributed by atoms with van der Waals surface area (Å²) in [6.45, 7) is 6.77. The predicted molar refractivity (Wildman–Crippen MR) is 95.2 cm³/mol. The van der Waals surface area contributed by atoms with E-state index in [4.69, 9.17) is 0 Å². The summed E-state index contributed by atoms with van der Waals surface area (Å²) in [7, 11) is 0. The Bertz CT molecular complexity index is 778. The molecule has 25 heavy (non-hydrogen) atoms. The molecule has 0 radical (unpaired) electrons. The number of hydrogen-bond donors (Lipinski definition) is 2. The number of nitrogens with one attached hydrogen (secondary N) is 1. The van der Waals surface area contributed by atoms with Gasteiger partial charge in [0.25, 0.3) is 0 Å². The van der Waals surface area contributed by atoms with Crippen LogP contribution in [0, 0.1) is 5.82 Å². The quantitative estimate of drug-likeness (QED) is 0.859. The van der Waals surface area contributed by atoms with E-state index in [9.17, 15) is 19.1 Å². The van der Waals surface area contributed by atoms with E-state index in [1.807, 2.05) is 0 Å². The van der Waals surface area contributed by atoms with Gasteiger partial charge >= 0.3 is 5.97 Å². The number of benzene rings is 2. The van der Waals surface area contributed by atoms with Gasteiger partial charge in [0.2, 0.25) is 5.91 Å². The zero-order valence-corrected chi connectivity index (χ0v) is 14.8. The van der Waals surface area contributed by atoms with Crippen molar-refractivity contribution in [3.8, 4) is 0 Å². The van der Waals surface area contributed by atoms with E-state index in [2.05, 4.69) is 5.32 Å². The molecular weight excluding hydrogens is 321 g/mol. The molecule has 0 aromatic heterocycles. The molecule has 5 heteroatoms. The first-order chi connectivity index (χ1) is 11.5. The third-order valence-corrected chi connectivity index (χ3v) is 4.53. The van der Waals surface area contributed by atoms with Crippen molar-refractivity contribution >= 4 is 17.6 Å². The van der Waals surface area contributed by atoms with E-state index in [1.54, 1.807) is 64.1 Å². The van der Waals surface area contributed by atoms with Crippen LogP contribution in [0.15, 0.2) is 48.5 Å². The second-order valence-electron chi connectivity index (χ2n) is 7.09. The summed E-state index contributed by atoms with van der Waals surface area (Å²) in [5.41, 5.74) is 0.0822. The van der Waals surface area contributed by atoms with Crippen LogP contribution in [0.5, 0.6) is 0 Å². The summed E-state index contributed by atoms with van der Waals surface area (Å²) in [5, 5.41) is 12.1. The molecular formula is C20H22FNO3. The van der Waals surface area contributed by atoms with Crippen LogP contribution in [0.1, 0.15) is 38.8 Å². The van der Waals surface area contributed by atoms with Gasteiger partial charge in [-0.15, -0.1) is 0 Å². The number of carbonyl (C=O) groups is 2. The van der Waals surface area contributed by atoms with Crippen molar-refractivity contribution in [2.75, 3.05) is 5.32 Å². The molecule has 4 nitrogen and oxygen atoms in total. The molecule has 0 spiro atoms. The molecule has 0 aliphatic carbocycles. The molecule has 0 unspecified atom stereocenters. The van der Waals surface area contributed by atoms with Crippen LogP contribution < -0.4 is 5.32 Å². The molecule has 1 amide bonds. The van der Waals surface area contributed by atoms with E-state index in [1.165, 1.54) is 12.1 Å². The molecule has 0 saturated carbocycles. The Morgan fingerprint density at radius 3 is 1.76 bits per heavy atom. The van der Waals surface area contributed by atoms with Gasteiger partial charge in [-0.2, -0.15) is 0 Å². The standard InChI is InChI=1S/C20H22FNO3/c1-19(2,13-5-9-15(21)10-6-13)17(23)22-16-11-7-14(8-12-16)20(3,4)18(24)25/h5-12H,1-4H3,(H,22,23)(H,24,25). The second-order valence-corrected chi connectivity index (χ2v) is 7.09. The third kappa shape index (κ3) is 3.87. The van der Waals surface area contributed by atoms with Crippen LogP contribution in [0.3, 0.4) is 0 Å². The molecule has 0 aliphatic rings. The number of halogens is 1. The van der Waals surface area contributed by atoms with Crippen LogP contribution in [0.4, 0.5) is 10.1 Å². The van der Waals surface area contributed by atoms with E-state index < -0.39 is 16.8 Å². The molecule has 2 rings (SSSR count). The number of carbonyl (C=O) groups excluding carboxylic acids is 1. The molecule has 2 aromatic rings. The fraction of sp³-hybridized carbons (Fsp3) is 0.300. The van der Waals surface area contributed by atoms with Crippen molar-refractivity contribution in [3.63, 3.8) is 0 Å². The summed E-state index contributed by atoms with van der Waals surface area (Å²) in [5.74, 6) is -1.50. The maximum absolute atomic E-state index is 13.1. The number of carboxylic acid groups (broad SMARTS) is 1. The SMILES string of the molecule is CC(C)(C(=O)O)c1ccc(NC(=O)C(C)(C)c2ccc(F)cc2)cc1. The Balaban J connectivity index is 2.17. The van der Waals surface area contributed by atoms with E-state index in [0.717, 1.165) is 0 Å². The van der Waals surface area contributed by atoms with Gasteiger partial charge in [0.1, 0.15) is 5.82 Å². The molecule has 0 aliphatic heterocycles. The Labute approximate surface area is 146 Å². The van der Waals surface area contributed by atoms with Gasteiger partial charge in [-0.3, -0.25) is 9.59 Å². The maximum atomic E-state index is 13.1. The lowest BCUT2D eigenvalue weighted by Crippen LogP contribution is -2.34. The molecule has 0 fully saturated rings. The number of aliphatic carboxylic acids is 1. The minimum atomic E-state index is -1.00. The average Bonchev–Trinajstić information content (AvgIpc) is 2.55. The third-order valence-electron chi connectivity index (χ3n) is 4.53. The number of hydrogen-bond acceptors (Lipinski definition) is 2. The van der Waals surface area contributed by atoms with Crippen molar-refractivity contribution in [2.24, 2.45) is 0 Å². The molecule has 0 heterocycles. The topological polar surface area (TPSA) is 66.4 Å². The zero-order valence-electron chi connectivity index (χ0n) is 14.8. The van der Waals surface area contributed by atoms with Gasteiger partial charge in [0.05, 0.1) is 10.8 Å². The number of anilines is 1. The average molecular weight is 343 g/mol. The summed E-state index contributed by atoms with van der Waals surface area (Å²) in [6.07, 6.45) is 0. The fourth-order valence-corrected chi connectivity index (χ4v) is 2.38. The number of amides is 1. The van der Waals surface area contributed by atoms with Gasteiger partial charge < -0.3 is 10.4 Å². The second kappa shape index (κ2) is 6.67. The molecule has 0 atom stereocenters. The Morgan fingerprint density at radius 2 is 1.28 bits per heavy atom. The molecule has 0 bridgehead atoms. The van der Waals surface area contributed by atoms with Crippen LogP contribution >= 0.6 is 0 Å². The first kappa shape index (κ1) is 18.6. The van der Waals surface area contributed by atoms with E-state index >= 15 is 0 Å². The lowest BCUT2D eigenvalue weighted by molar-refractivity contribution is -0.142. The van der Waals surface area contributed by atoms with Gasteiger partial charge in [0.15, 0.2) is 0 Å². The van der Waals surface area contributed by atoms with Gasteiger partial charge in [-0.25, -0.2) is 4.39 Å². The Kier molecular flexibility index (Phi) is 4.97. The highest BCUT2D eigenvalue weighted by Gasteiger charge is 2.31. The zero-order chi connectivity index (χ0) is 18.8. The lowest BCUT2D eigenvalue weighted by Gasteiger charge is -2.25. The minimum Gasteiger partial charge on any atom is -0.481 e. The highest BCUT2D eigenvalue weighted by atomic mass is 19.1. The summed E-state index contributed by atoms with van der Waals surface area (Å²) in [6, 6.07) is 12.6.